The molecule has 1 N–H and O–H groups in total. The number of carbonyl (C=O) groups excluding carboxylic acids is 3. The van der Waals surface area contributed by atoms with Crippen molar-refractivity contribution in [2.75, 3.05) is 0 Å². The number of esters is 1. The van der Waals surface area contributed by atoms with Crippen LogP contribution in [-0.4, -0.2) is 50.6 Å². The van der Waals surface area contributed by atoms with Crippen LogP contribution in [0.4, 0.5) is 0 Å². The van der Waals surface area contributed by atoms with Crippen LogP contribution in [0.3, 0.4) is 0 Å². The lowest BCUT2D eigenvalue weighted by molar-refractivity contribution is -0.187. The lowest BCUT2D eigenvalue weighted by atomic mass is 9.54. The number of hydrazine groups is 1. The van der Waals surface area contributed by atoms with E-state index in [4.69, 9.17) is 4.74 Å². The Kier molecular flexibility index (Phi) is 5.70. The van der Waals surface area contributed by atoms with Crippen LogP contribution < -0.4 is 0 Å². The van der Waals surface area contributed by atoms with E-state index < -0.39 is 46.5 Å². The molecule has 216 valence electrons. The van der Waals surface area contributed by atoms with Gasteiger partial charge >= 0.3 is 5.97 Å². The Morgan fingerprint density at radius 1 is 0.857 bits per heavy atom. The molecule has 7 nitrogen and oxygen atoms in total. The Balaban J connectivity index is 1.26. The number of carbonyl (C=O) groups is 3. The molecule has 2 amide bonds. The van der Waals surface area contributed by atoms with Gasteiger partial charge in [-0.25, -0.2) is 9.80 Å². The van der Waals surface area contributed by atoms with Crippen LogP contribution in [0.15, 0.2) is 84.9 Å². The first-order valence-corrected chi connectivity index (χ1v) is 14.8. The Labute approximate surface area is 246 Å². The fourth-order valence-corrected chi connectivity index (χ4v) is 8.77. The first kappa shape index (κ1) is 27.0. The van der Waals surface area contributed by atoms with Gasteiger partial charge in [-0.15, -0.1) is 0 Å². The second kappa shape index (κ2) is 8.85. The largest absolute Gasteiger partial charge is 0.460 e. The standard InChI is InChI=1S/C35H36N2O5/c1-22-33(4,37(22)36-29(38)26-17-11-12-18-27(26)30(36)39)31(40)42-28-21-25-19-20-34(28,32(25,2)3)35(41,23-13-7-5-8-14-23)24-15-9-6-10-16-24/h5-18,22,25,28,41H,19-21H2,1-4H3/t22-,25+,28+,33+,34+,37?/m0/s1. The van der Waals surface area contributed by atoms with Gasteiger partial charge in [0, 0.05) is 5.41 Å². The van der Waals surface area contributed by atoms with Gasteiger partial charge in [-0.05, 0) is 67.7 Å². The highest BCUT2D eigenvalue weighted by molar-refractivity contribution is 6.21. The maximum absolute atomic E-state index is 14.2. The Hall–Kier alpha value is -3.81. The fraction of sp³-hybridized carbons (Fsp3) is 0.400. The van der Waals surface area contributed by atoms with Gasteiger partial charge in [0.1, 0.15) is 11.7 Å². The van der Waals surface area contributed by atoms with E-state index in [0.29, 0.717) is 24.0 Å². The molecular weight excluding hydrogens is 528 g/mol. The van der Waals surface area contributed by atoms with Crippen LogP contribution in [0.25, 0.3) is 0 Å². The minimum atomic E-state index is -1.42. The van der Waals surface area contributed by atoms with E-state index in [2.05, 4.69) is 13.8 Å². The number of nitrogens with zero attached hydrogens (tertiary/aromatic N) is 2. The van der Waals surface area contributed by atoms with Gasteiger partial charge in [-0.2, -0.15) is 5.01 Å². The highest BCUT2D eigenvalue weighted by Crippen LogP contribution is 2.73. The molecule has 1 saturated heterocycles. The molecule has 1 unspecified atom stereocenters. The van der Waals surface area contributed by atoms with Crippen LogP contribution in [0, 0.1) is 16.7 Å². The van der Waals surface area contributed by atoms with Gasteiger partial charge < -0.3 is 9.84 Å². The average molecular weight is 565 g/mol. The van der Waals surface area contributed by atoms with Gasteiger partial charge in [0.05, 0.1) is 17.2 Å². The van der Waals surface area contributed by atoms with Crippen molar-refractivity contribution < 1.29 is 24.2 Å². The van der Waals surface area contributed by atoms with Gasteiger partial charge in [0.25, 0.3) is 11.8 Å². The smallest absolute Gasteiger partial charge is 0.330 e. The Morgan fingerprint density at radius 3 is 1.86 bits per heavy atom. The predicted molar refractivity (Wildman–Crippen MR) is 156 cm³/mol. The van der Waals surface area contributed by atoms with Crippen molar-refractivity contribution in [3.05, 3.63) is 107 Å². The van der Waals surface area contributed by atoms with E-state index >= 15 is 0 Å². The van der Waals surface area contributed by atoms with E-state index in [1.165, 1.54) is 0 Å². The molecule has 4 aliphatic rings. The van der Waals surface area contributed by atoms with Gasteiger partial charge in [0.15, 0.2) is 5.54 Å². The van der Waals surface area contributed by atoms with Crippen LogP contribution in [-0.2, 0) is 15.1 Å². The number of hydrogen-bond donors (Lipinski definition) is 1. The highest BCUT2D eigenvalue weighted by Gasteiger charge is 2.76. The van der Waals surface area contributed by atoms with Crippen molar-refractivity contribution in [2.24, 2.45) is 16.7 Å². The fourth-order valence-electron chi connectivity index (χ4n) is 8.77. The third-order valence-corrected chi connectivity index (χ3v) is 11.4. The molecule has 3 fully saturated rings. The van der Waals surface area contributed by atoms with E-state index in [1.807, 2.05) is 67.6 Å². The number of hydrogen-bond acceptors (Lipinski definition) is 6. The summed E-state index contributed by atoms with van der Waals surface area (Å²) in [6.07, 6.45) is 1.69. The van der Waals surface area contributed by atoms with Gasteiger partial charge in [-0.1, -0.05) is 86.6 Å². The summed E-state index contributed by atoms with van der Waals surface area (Å²) in [6, 6.07) is 25.7. The second-order valence-corrected chi connectivity index (χ2v) is 13.1. The quantitative estimate of drug-likeness (QED) is 0.247. The molecule has 2 bridgehead atoms. The van der Waals surface area contributed by atoms with E-state index in [0.717, 1.165) is 22.6 Å². The minimum Gasteiger partial charge on any atom is -0.460 e. The van der Waals surface area contributed by atoms with Gasteiger partial charge in [-0.3, -0.25) is 9.59 Å². The zero-order chi connectivity index (χ0) is 29.7. The highest BCUT2D eigenvalue weighted by atomic mass is 16.6. The molecular formula is C35H36N2O5. The molecule has 6 atom stereocenters. The third kappa shape index (κ3) is 3.15. The molecule has 3 aromatic rings. The molecule has 0 aromatic heterocycles. The van der Waals surface area contributed by atoms with Crippen LogP contribution >= 0.6 is 0 Å². The number of ether oxygens (including phenoxy) is 1. The maximum Gasteiger partial charge on any atom is 0.330 e. The maximum atomic E-state index is 14.2. The summed E-state index contributed by atoms with van der Waals surface area (Å²) < 4.78 is 6.52. The summed E-state index contributed by atoms with van der Waals surface area (Å²) in [5.74, 6) is -1.09. The SMILES string of the molecule is C[C@@H]1N(N2C(=O)c3ccccc3C2=O)[C@@]1(C)C(=O)O[C@@H]1C[C@H]2CC[C@]1(C(O)(c1ccccc1)c1ccccc1)C2(C)C. The molecule has 2 saturated carbocycles. The molecule has 2 heterocycles. The van der Waals surface area contributed by atoms with Crippen molar-refractivity contribution in [3.63, 3.8) is 0 Å². The first-order chi connectivity index (χ1) is 20.0. The molecule has 42 heavy (non-hydrogen) atoms. The number of aliphatic hydroxyl groups is 1. The first-order valence-electron chi connectivity index (χ1n) is 14.8. The lowest BCUT2D eigenvalue weighted by Gasteiger charge is -2.53. The van der Waals surface area contributed by atoms with Crippen molar-refractivity contribution in [1.82, 2.24) is 10.0 Å². The lowest BCUT2D eigenvalue weighted by Crippen LogP contribution is -2.58. The van der Waals surface area contributed by atoms with E-state index in [9.17, 15) is 19.5 Å². The summed E-state index contributed by atoms with van der Waals surface area (Å²) in [5, 5.41) is 15.8. The molecule has 2 aliphatic carbocycles. The van der Waals surface area contributed by atoms with Crippen LogP contribution in [0.1, 0.15) is 78.8 Å². The van der Waals surface area contributed by atoms with Crippen molar-refractivity contribution >= 4 is 17.8 Å². The van der Waals surface area contributed by atoms with Gasteiger partial charge in [0.2, 0.25) is 0 Å². The number of rotatable bonds is 6. The van der Waals surface area contributed by atoms with Crippen molar-refractivity contribution in [3.8, 4) is 0 Å². The molecule has 3 aromatic carbocycles. The van der Waals surface area contributed by atoms with E-state index in [1.54, 1.807) is 36.2 Å². The normalized spacial score (nSPS) is 32.6. The monoisotopic (exact) mass is 564 g/mol. The van der Waals surface area contributed by atoms with E-state index in [-0.39, 0.29) is 11.3 Å². The number of imide groups is 1. The van der Waals surface area contributed by atoms with Crippen molar-refractivity contribution in [1.29, 1.82) is 0 Å². The average Bonchev–Trinajstić information content (AvgIpc) is 3.19. The summed E-state index contributed by atoms with van der Waals surface area (Å²) in [6.45, 7) is 7.95. The minimum absolute atomic E-state index is 0.256. The Morgan fingerprint density at radius 2 is 1.36 bits per heavy atom. The molecule has 0 radical (unpaired) electrons. The zero-order valence-electron chi connectivity index (χ0n) is 24.4. The molecule has 0 spiro atoms. The number of amides is 2. The molecule has 7 heteroatoms. The molecule has 7 rings (SSSR count). The summed E-state index contributed by atoms with van der Waals surface area (Å²) in [5.41, 5.74) is -1.57. The predicted octanol–water partition coefficient (Wildman–Crippen LogP) is 5.33. The molecule has 2 aliphatic heterocycles. The Bertz CT molecular complexity index is 1530. The second-order valence-electron chi connectivity index (χ2n) is 13.1. The summed E-state index contributed by atoms with van der Waals surface area (Å²) in [7, 11) is 0. The summed E-state index contributed by atoms with van der Waals surface area (Å²) >= 11 is 0. The number of fused-ring (bicyclic) bond motifs is 3. The summed E-state index contributed by atoms with van der Waals surface area (Å²) in [4.78, 5) is 40.7. The zero-order valence-corrected chi connectivity index (χ0v) is 24.4. The van der Waals surface area contributed by atoms with Crippen LogP contribution in [0.2, 0.25) is 0 Å². The topological polar surface area (TPSA) is 86.9 Å². The third-order valence-electron chi connectivity index (χ3n) is 11.4. The van der Waals surface area contributed by atoms with Crippen LogP contribution in [0.5, 0.6) is 0 Å². The number of benzene rings is 3. The van der Waals surface area contributed by atoms with Crippen molar-refractivity contribution in [2.45, 2.75) is 70.2 Å².